The lowest BCUT2D eigenvalue weighted by Crippen LogP contribution is -2.22. The highest BCUT2D eigenvalue weighted by atomic mass is 35.5. The Bertz CT molecular complexity index is 492. The highest BCUT2D eigenvalue weighted by Gasteiger charge is 2.30. The fourth-order valence-corrected chi connectivity index (χ4v) is 4.41. The summed E-state index contributed by atoms with van der Waals surface area (Å²) in [4.78, 5) is 11.1. The van der Waals surface area contributed by atoms with Crippen molar-refractivity contribution in [3.63, 3.8) is 0 Å². The molecule has 0 saturated heterocycles. The van der Waals surface area contributed by atoms with Crippen LogP contribution in [0.1, 0.15) is 37.2 Å². The minimum atomic E-state index is -0.276. The first kappa shape index (κ1) is 16.5. The molecule has 1 saturated carbocycles. The molecule has 0 bridgehead atoms. The highest BCUT2D eigenvalue weighted by molar-refractivity contribution is 8.00. The average Bonchev–Trinajstić information content (AvgIpc) is 2.52. The number of methoxy groups -OCH3 is 2. The van der Waals surface area contributed by atoms with Gasteiger partial charge in [0.05, 0.1) is 20.0 Å². The molecule has 1 aromatic rings. The number of thioether (sulfide) groups is 1. The summed E-state index contributed by atoms with van der Waals surface area (Å²) in [5.74, 6) is 2.33. The Balaban J connectivity index is 2.26. The number of para-hydroxylation sites is 1. The Morgan fingerprint density at radius 3 is 2.71 bits per heavy atom. The summed E-state index contributed by atoms with van der Waals surface area (Å²) in [6, 6.07) is 6.02. The maximum absolute atomic E-state index is 11.1. The second-order valence-electron chi connectivity index (χ2n) is 5.18. The second-order valence-corrected chi connectivity index (χ2v) is 6.83. The van der Waals surface area contributed by atoms with E-state index in [2.05, 4.69) is 6.07 Å². The van der Waals surface area contributed by atoms with Crippen LogP contribution in [0, 0.1) is 0 Å². The molecule has 0 radical (unpaired) electrons. The van der Waals surface area contributed by atoms with E-state index in [0.717, 1.165) is 24.3 Å². The molecule has 2 rings (SSSR count). The molecule has 1 aromatic carbocycles. The van der Waals surface area contributed by atoms with Crippen molar-refractivity contribution in [2.75, 3.05) is 20.0 Å². The molecule has 0 heterocycles. The van der Waals surface area contributed by atoms with Crippen molar-refractivity contribution in [2.24, 2.45) is 0 Å². The van der Waals surface area contributed by atoms with Crippen LogP contribution in [-0.4, -0.2) is 30.5 Å². The smallest absolute Gasteiger partial charge is 0.231 e. The van der Waals surface area contributed by atoms with Gasteiger partial charge in [0.1, 0.15) is 0 Å². The molecule has 0 N–H and O–H groups in total. The zero-order chi connectivity index (χ0) is 15.2. The van der Waals surface area contributed by atoms with Gasteiger partial charge in [-0.15, -0.1) is 11.8 Å². The molecular weight excluding hydrogens is 308 g/mol. The zero-order valence-corrected chi connectivity index (χ0v) is 14.0. The van der Waals surface area contributed by atoms with Gasteiger partial charge in [-0.2, -0.15) is 0 Å². The molecule has 1 fully saturated rings. The number of benzene rings is 1. The van der Waals surface area contributed by atoms with E-state index in [0.29, 0.717) is 16.9 Å². The highest BCUT2D eigenvalue weighted by Crippen LogP contribution is 2.45. The summed E-state index contributed by atoms with van der Waals surface area (Å²) < 4.78 is 11.0. The standard InChI is InChI=1S/C16H21ClO3S/c1-19-13-8-5-7-12(16(13)20-2)11-6-3-4-9-14(11)21-10-15(17)18/h5,7-8,11,14H,3-4,6,9-10H2,1-2H3. The monoisotopic (exact) mass is 328 g/mol. The van der Waals surface area contributed by atoms with Crippen molar-refractivity contribution in [3.8, 4) is 11.5 Å². The molecule has 116 valence electrons. The van der Waals surface area contributed by atoms with Gasteiger partial charge >= 0.3 is 0 Å². The lowest BCUT2D eigenvalue weighted by atomic mass is 9.83. The van der Waals surface area contributed by atoms with Crippen molar-refractivity contribution in [2.45, 2.75) is 36.9 Å². The van der Waals surface area contributed by atoms with E-state index >= 15 is 0 Å². The summed E-state index contributed by atoms with van der Waals surface area (Å²) in [5, 5.41) is 0.129. The minimum absolute atomic E-state index is 0.276. The molecule has 0 aromatic heterocycles. The van der Waals surface area contributed by atoms with Crippen LogP contribution < -0.4 is 9.47 Å². The van der Waals surface area contributed by atoms with Crippen LogP contribution >= 0.6 is 23.4 Å². The van der Waals surface area contributed by atoms with Gasteiger partial charge in [-0.25, -0.2) is 0 Å². The van der Waals surface area contributed by atoms with E-state index in [4.69, 9.17) is 21.1 Å². The number of halogens is 1. The van der Waals surface area contributed by atoms with E-state index in [-0.39, 0.29) is 5.24 Å². The van der Waals surface area contributed by atoms with Crippen LogP contribution in [0.2, 0.25) is 0 Å². The zero-order valence-electron chi connectivity index (χ0n) is 12.4. The number of carbonyl (C=O) groups excluding carboxylic acids is 1. The largest absolute Gasteiger partial charge is 0.493 e. The molecule has 5 heteroatoms. The Kier molecular flexibility index (Phi) is 6.24. The van der Waals surface area contributed by atoms with E-state index in [1.54, 1.807) is 26.0 Å². The van der Waals surface area contributed by atoms with Crippen LogP contribution in [0.4, 0.5) is 0 Å². The van der Waals surface area contributed by atoms with Crippen LogP contribution in [0.15, 0.2) is 18.2 Å². The first-order valence-electron chi connectivity index (χ1n) is 7.18. The molecule has 1 aliphatic rings. The second kappa shape index (κ2) is 7.95. The SMILES string of the molecule is COc1cccc(C2CCCCC2SCC(=O)Cl)c1OC. The first-order valence-corrected chi connectivity index (χ1v) is 8.61. The maximum atomic E-state index is 11.1. The third kappa shape index (κ3) is 4.07. The van der Waals surface area contributed by atoms with Gasteiger partial charge in [-0.05, 0) is 36.4 Å². The van der Waals surface area contributed by atoms with Gasteiger partial charge in [-0.3, -0.25) is 4.79 Å². The Morgan fingerprint density at radius 2 is 2.05 bits per heavy atom. The molecule has 2 atom stereocenters. The molecule has 21 heavy (non-hydrogen) atoms. The van der Waals surface area contributed by atoms with Crippen LogP contribution in [0.5, 0.6) is 11.5 Å². The summed E-state index contributed by atoms with van der Waals surface area (Å²) in [6.07, 6.45) is 4.63. The van der Waals surface area contributed by atoms with Gasteiger partial charge in [0.25, 0.3) is 0 Å². The van der Waals surface area contributed by atoms with E-state index in [9.17, 15) is 4.79 Å². The van der Waals surface area contributed by atoms with Crippen molar-refractivity contribution in [1.82, 2.24) is 0 Å². The summed E-state index contributed by atoms with van der Waals surface area (Å²) >= 11 is 7.16. The number of ether oxygens (including phenoxy) is 2. The van der Waals surface area contributed by atoms with Gasteiger partial charge in [0, 0.05) is 10.8 Å². The quantitative estimate of drug-likeness (QED) is 0.732. The van der Waals surface area contributed by atoms with Crippen molar-refractivity contribution < 1.29 is 14.3 Å². The Labute approximate surface area is 135 Å². The van der Waals surface area contributed by atoms with Crippen LogP contribution in [0.25, 0.3) is 0 Å². The third-order valence-electron chi connectivity index (χ3n) is 3.95. The Hall–Kier alpha value is -0.870. The number of carbonyl (C=O) groups is 1. The summed E-state index contributed by atoms with van der Waals surface area (Å²) in [7, 11) is 3.33. The van der Waals surface area contributed by atoms with Crippen LogP contribution in [-0.2, 0) is 4.79 Å². The van der Waals surface area contributed by atoms with E-state index < -0.39 is 0 Å². The first-order chi connectivity index (χ1) is 10.2. The number of hydrogen-bond donors (Lipinski definition) is 0. The molecule has 1 aliphatic carbocycles. The number of hydrogen-bond acceptors (Lipinski definition) is 4. The topological polar surface area (TPSA) is 35.5 Å². The lowest BCUT2D eigenvalue weighted by molar-refractivity contribution is -0.109. The van der Waals surface area contributed by atoms with Gasteiger partial charge in [0.15, 0.2) is 11.5 Å². The normalized spacial score (nSPS) is 21.9. The third-order valence-corrected chi connectivity index (χ3v) is 5.66. The van der Waals surface area contributed by atoms with Crippen molar-refractivity contribution >= 4 is 28.6 Å². The molecule has 2 unspecified atom stereocenters. The maximum Gasteiger partial charge on any atom is 0.231 e. The minimum Gasteiger partial charge on any atom is -0.493 e. The van der Waals surface area contributed by atoms with E-state index in [1.807, 2.05) is 12.1 Å². The molecule has 3 nitrogen and oxygen atoms in total. The van der Waals surface area contributed by atoms with Crippen molar-refractivity contribution in [1.29, 1.82) is 0 Å². The fraction of sp³-hybridized carbons (Fsp3) is 0.562. The summed E-state index contributed by atoms with van der Waals surface area (Å²) in [6.45, 7) is 0. The fourth-order valence-electron chi connectivity index (χ4n) is 3.03. The molecular formula is C16H21ClO3S. The van der Waals surface area contributed by atoms with Gasteiger partial charge in [0.2, 0.25) is 5.24 Å². The van der Waals surface area contributed by atoms with Gasteiger partial charge in [-0.1, -0.05) is 25.0 Å². The summed E-state index contributed by atoms with van der Waals surface area (Å²) in [5.41, 5.74) is 1.18. The number of rotatable bonds is 6. The van der Waals surface area contributed by atoms with Crippen molar-refractivity contribution in [3.05, 3.63) is 23.8 Å². The molecule has 0 aliphatic heterocycles. The van der Waals surface area contributed by atoms with Crippen LogP contribution in [0.3, 0.4) is 0 Å². The molecule has 0 spiro atoms. The van der Waals surface area contributed by atoms with Gasteiger partial charge < -0.3 is 9.47 Å². The Morgan fingerprint density at radius 1 is 1.29 bits per heavy atom. The van der Waals surface area contributed by atoms with E-state index in [1.165, 1.54) is 18.4 Å². The predicted octanol–water partition coefficient (Wildman–Crippen LogP) is 4.23. The predicted molar refractivity (Wildman–Crippen MR) is 87.9 cm³/mol. The average molecular weight is 329 g/mol. The molecule has 0 amide bonds. The lowest BCUT2D eigenvalue weighted by Gasteiger charge is -2.32.